The van der Waals surface area contributed by atoms with E-state index in [-0.39, 0.29) is 0 Å². The van der Waals surface area contributed by atoms with Crippen LogP contribution >= 0.6 is 22.9 Å². The number of halogens is 1. The largest absolute Gasteiger partial charge is 0.343 e. The Morgan fingerprint density at radius 2 is 1.78 bits per heavy atom. The molecule has 0 saturated carbocycles. The number of rotatable bonds is 0. The van der Waals surface area contributed by atoms with Gasteiger partial charge in [-0.3, -0.25) is 0 Å². The molecule has 0 aliphatic carbocycles. The maximum Gasteiger partial charge on any atom is 0.206 e. The highest BCUT2D eigenvalue weighted by Gasteiger charge is 2.18. The summed E-state index contributed by atoms with van der Waals surface area (Å²) < 4.78 is 4.09. The van der Waals surface area contributed by atoms with Crippen LogP contribution in [0.3, 0.4) is 0 Å². The van der Waals surface area contributed by atoms with Crippen LogP contribution in [-0.2, 0) is 0 Å². The van der Waals surface area contributed by atoms with Crippen LogP contribution in [0.1, 0.15) is 0 Å². The van der Waals surface area contributed by atoms with Gasteiger partial charge in [-0.15, -0.1) is 0 Å². The molecule has 3 nitrogen and oxygen atoms in total. The second kappa shape index (κ2) is 2.72. The first kappa shape index (κ1) is 7.11. The molecular weight excluding hydrogens is 229 g/mol. The minimum absolute atomic E-state index is 1.08. The summed E-state index contributed by atoms with van der Waals surface area (Å²) in [7, 11) is 4.11. The highest BCUT2D eigenvalue weighted by molar-refractivity contribution is 14.1. The topological polar surface area (TPSA) is 18.8 Å². The minimum atomic E-state index is 1.08. The smallest absolute Gasteiger partial charge is 0.206 e. The maximum atomic E-state index is 4.09. The Labute approximate surface area is 69.2 Å². The number of nitrogens with zero attached hydrogens (tertiary/aromatic N) is 3. The van der Waals surface area contributed by atoms with Gasteiger partial charge in [0.15, 0.2) is 0 Å². The standard InChI is InChI=1S/C5H10IN3/c1-8-3-4-9(2)5(8)7-6/h3-4H2,1-2H3. The molecule has 1 rings (SSSR count). The zero-order chi connectivity index (χ0) is 6.85. The summed E-state index contributed by atoms with van der Waals surface area (Å²) in [6.07, 6.45) is 0. The highest BCUT2D eigenvalue weighted by atomic mass is 127. The fourth-order valence-corrected chi connectivity index (χ4v) is 1.66. The second-order valence-electron chi connectivity index (χ2n) is 2.23. The third kappa shape index (κ3) is 1.28. The fraction of sp³-hybridized carbons (Fsp3) is 0.800. The van der Waals surface area contributed by atoms with Crippen LogP contribution in [-0.4, -0.2) is 42.9 Å². The molecule has 1 fully saturated rings. The average molecular weight is 239 g/mol. The molecule has 52 valence electrons. The molecule has 0 N–H and O–H groups in total. The summed E-state index contributed by atoms with van der Waals surface area (Å²) in [5.74, 6) is 1.08. The van der Waals surface area contributed by atoms with E-state index in [9.17, 15) is 0 Å². The molecule has 0 aromatic rings. The Bertz CT molecular complexity index is 122. The molecule has 0 unspecified atom stereocenters. The SMILES string of the molecule is CN1CCN(C)C1=NI. The van der Waals surface area contributed by atoms with Crippen molar-refractivity contribution in [3.05, 3.63) is 0 Å². The molecule has 0 aromatic carbocycles. The van der Waals surface area contributed by atoms with Crippen molar-refractivity contribution in [1.29, 1.82) is 0 Å². The van der Waals surface area contributed by atoms with Crippen LogP contribution in [0.2, 0.25) is 0 Å². The van der Waals surface area contributed by atoms with Crippen LogP contribution in [0.25, 0.3) is 0 Å². The lowest BCUT2D eigenvalue weighted by Crippen LogP contribution is -2.27. The Kier molecular flexibility index (Phi) is 2.15. The molecule has 0 spiro atoms. The summed E-state index contributed by atoms with van der Waals surface area (Å²) in [6.45, 7) is 2.19. The van der Waals surface area contributed by atoms with E-state index in [1.807, 2.05) is 22.9 Å². The van der Waals surface area contributed by atoms with Gasteiger partial charge in [0.05, 0.1) is 22.9 Å². The first-order valence-corrected chi connectivity index (χ1v) is 3.83. The molecule has 1 saturated heterocycles. The van der Waals surface area contributed by atoms with Gasteiger partial charge in [0.2, 0.25) is 5.96 Å². The predicted octanol–water partition coefficient (Wildman–Crippen LogP) is 0.570. The van der Waals surface area contributed by atoms with E-state index >= 15 is 0 Å². The van der Waals surface area contributed by atoms with E-state index in [0.29, 0.717) is 0 Å². The van der Waals surface area contributed by atoms with Gasteiger partial charge in [0, 0.05) is 27.2 Å². The number of likely N-dealkylation sites (N-methyl/N-ethyl adjacent to an activating group) is 2. The Hall–Kier alpha value is 0. The number of guanidine groups is 1. The predicted molar refractivity (Wildman–Crippen MR) is 46.7 cm³/mol. The van der Waals surface area contributed by atoms with Gasteiger partial charge < -0.3 is 9.80 Å². The van der Waals surface area contributed by atoms with Crippen molar-refractivity contribution in [3.63, 3.8) is 0 Å². The summed E-state index contributed by atoms with van der Waals surface area (Å²) >= 11 is 2.02. The normalized spacial score (nSPS) is 19.2. The maximum absolute atomic E-state index is 4.09. The molecule has 1 heterocycles. The molecule has 9 heavy (non-hydrogen) atoms. The molecule has 4 heteroatoms. The summed E-state index contributed by atoms with van der Waals surface area (Å²) in [4.78, 5) is 4.29. The van der Waals surface area contributed by atoms with Gasteiger partial charge in [0.25, 0.3) is 0 Å². The van der Waals surface area contributed by atoms with Gasteiger partial charge >= 0.3 is 0 Å². The van der Waals surface area contributed by atoms with E-state index in [2.05, 4.69) is 27.1 Å². The number of hydrogen-bond acceptors (Lipinski definition) is 1. The molecule has 1 aliphatic rings. The van der Waals surface area contributed by atoms with Gasteiger partial charge in [-0.25, -0.2) is 0 Å². The minimum Gasteiger partial charge on any atom is -0.343 e. The molecule has 0 radical (unpaired) electrons. The van der Waals surface area contributed by atoms with E-state index in [0.717, 1.165) is 19.0 Å². The molecule has 0 amide bonds. The van der Waals surface area contributed by atoms with Crippen molar-refractivity contribution in [1.82, 2.24) is 9.80 Å². The average Bonchev–Trinajstić information content (AvgIpc) is 2.12. The lowest BCUT2D eigenvalue weighted by atomic mass is 10.6. The van der Waals surface area contributed by atoms with E-state index in [4.69, 9.17) is 0 Å². The Morgan fingerprint density at radius 3 is 2.00 bits per heavy atom. The van der Waals surface area contributed by atoms with Crippen molar-refractivity contribution < 1.29 is 0 Å². The van der Waals surface area contributed by atoms with E-state index in [1.165, 1.54) is 0 Å². The van der Waals surface area contributed by atoms with Crippen LogP contribution in [0.4, 0.5) is 0 Å². The van der Waals surface area contributed by atoms with Crippen molar-refractivity contribution in [2.75, 3.05) is 27.2 Å². The van der Waals surface area contributed by atoms with Crippen molar-refractivity contribution >= 4 is 28.8 Å². The molecule has 0 atom stereocenters. The third-order valence-corrected chi connectivity index (χ3v) is 1.96. The van der Waals surface area contributed by atoms with E-state index < -0.39 is 0 Å². The molecular formula is C5H10IN3. The van der Waals surface area contributed by atoms with Gasteiger partial charge in [0.1, 0.15) is 0 Å². The molecule has 1 aliphatic heterocycles. The Morgan fingerprint density at radius 1 is 1.33 bits per heavy atom. The lowest BCUT2D eigenvalue weighted by Gasteiger charge is -2.13. The monoisotopic (exact) mass is 239 g/mol. The molecule has 0 bridgehead atoms. The van der Waals surface area contributed by atoms with Crippen molar-refractivity contribution in [2.24, 2.45) is 3.21 Å². The third-order valence-electron chi connectivity index (χ3n) is 1.53. The van der Waals surface area contributed by atoms with Crippen molar-refractivity contribution in [2.45, 2.75) is 0 Å². The van der Waals surface area contributed by atoms with Crippen LogP contribution in [0.5, 0.6) is 0 Å². The first-order valence-electron chi connectivity index (χ1n) is 2.87. The van der Waals surface area contributed by atoms with Gasteiger partial charge in [-0.05, 0) is 0 Å². The van der Waals surface area contributed by atoms with Gasteiger partial charge in [-0.1, -0.05) is 0 Å². The summed E-state index contributed by atoms with van der Waals surface area (Å²) in [5.41, 5.74) is 0. The van der Waals surface area contributed by atoms with Crippen LogP contribution < -0.4 is 0 Å². The molecule has 0 aromatic heterocycles. The Balaban J connectivity index is 2.66. The fourth-order valence-electron chi connectivity index (χ4n) is 0.920. The summed E-state index contributed by atoms with van der Waals surface area (Å²) in [6, 6.07) is 0. The summed E-state index contributed by atoms with van der Waals surface area (Å²) in [5, 5.41) is 0. The van der Waals surface area contributed by atoms with Gasteiger partial charge in [-0.2, -0.15) is 3.21 Å². The zero-order valence-electron chi connectivity index (χ0n) is 5.63. The zero-order valence-corrected chi connectivity index (χ0v) is 7.79. The van der Waals surface area contributed by atoms with Crippen LogP contribution in [0.15, 0.2) is 3.21 Å². The number of hydrogen-bond donors (Lipinski definition) is 0. The van der Waals surface area contributed by atoms with Crippen molar-refractivity contribution in [3.8, 4) is 0 Å². The second-order valence-corrected chi connectivity index (χ2v) is 2.71. The highest BCUT2D eigenvalue weighted by Crippen LogP contribution is 2.04. The van der Waals surface area contributed by atoms with Crippen LogP contribution in [0, 0.1) is 0 Å². The van der Waals surface area contributed by atoms with E-state index in [1.54, 1.807) is 0 Å². The first-order chi connectivity index (χ1) is 4.25. The lowest BCUT2D eigenvalue weighted by molar-refractivity contribution is 0.553. The quantitative estimate of drug-likeness (QED) is 0.575.